The van der Waals surface area contributed by atoms with Gasteiger partial charge in [0.05, 0.1) is 22.0 Å². The molecule has 3 rings (SSSR count). The van der Waals surface area contributed by atoms with Crippen LogP contribution in [0.4, 0.5) is 5.69 Å². The van der Waals surface area contributed by atoms with E-state index in [0.29, 0.717) is 23.1 Å². The van der Waals surface area contributed by atoms with Gasteiger partial charge in [0.15, 0.2) is 6.61 Å². The Morgan fingerprint density at radius 3 is 2.81 bits per heavy atom. The molecule has 3 aromatic rings. The fraction of sp³-hybridized carbons (Fsp3) is 0.238. The summed E-state index contributed by atoms with van der Waals surface area (Å²) in [5.41, 5.74) is 5.12. The van der Waals surface area contributed by atoms with Gasteiger partial charge in [0.25, 0.3) is 11.5 Å². The van der Waals surface area contributed by atoms with E-state index in [1.54, 1.807) is 18.2 Å². The molecule has 1 heterocycles. The molecule has 0 radical (unpaired) electrons. The Kier molecular flexibility index (Phi) is 6.98. The second-order valence-corrected chi connectivity index (χ2v) is 7.93. The van der Waals surface area contributed by atoms with Crippen molar-refractivity contribution in [2.24, 2.45) is 10.8 Å². The SMILES string of the molecule is CC[C@@H](C)c1nc2ccc(Br)cc2c(=O)n1N=Cc1cccc([N+](=O)[O-])c1OCC(N)=O. The van der Waals surface area contributed by atoms with Crippen LogP contribution in [0.3, 0.4) is 0 Å². The van der Waals surface area contributed by atoms with Gasteiger partial charge in [-0.2, -0.15) is 9.78 Å². The maximum Gasteiger partial charge on any atom is 0.311 e. The molecular weight excluding hydrogens is 482 g/mol. The zero-order chi connectivity index (χ0) is 23.4. The lowest BCUT2D eigenvalue weighted by atomic mass is 10.1. The summed E-state index contributed by atoms with van der Waals surface area (Å²) in [7, 11) is 0. The van der Waals surface area contributed by atoms with Crippen molar-refractivity contribution in [2.75, 3.05) is 6.61 Å². The minimum Gasteiger partial charge on any atom is -0.476 e. The first-order valence-electron chi connectivity index (χ1n) is 9.68. The summed E-state index contributed by atoms with van der Waals surface area (Å²) in [5, 5.41) is 16.1. The van der Waals surface area contributed by atoms with Crippen molar-refractivity contribution in [3.05, 3.63) is 72.7 Å². The molecule has 1 aromatic heterocycles. The molecule has 0 spiro atoms. The molecular formula is C21H20BrN5O5. The van der Waals surface area contributed by atoms with E-state index >= 15 is 0 Å². The zero-order valence-electron chi connectivity index (χ0n) is 17.3. The maximum atomic E-state index is 13.2. The van der Waals surface area contributed by atoms with Crippen LogP contribution >= 0.6 is 15.9 Å². The molecule has 11 heteroatoms. The maximum absolute atomic E-state index is 13.2. The van der Waals surface area contributed by atoms with Crippen molar-refractivity contribution in [3.63, 3.8) is 0 Å². The number of hydrogen-bond donors (Lipinski definition) is 1. The van der Waals surface area contributed by atoms with E-state index in [2.05, 4.69) is 26.0 Å². The minimum atomic E-state index is -0.786. The van der Waals surface area contributed by atoms with Gasteiger partial charge in [0, 0.05) is 22.0 Å². The number of nitro groups is 1. The summed E-state index contributed by atoms with van der Waals surface area (Å²) in [6, 6.07) is 9.41. The first-order chi connectivity index (χ1) is 15.2. The number of hydrogen-bond acceptors (Lipinski definition) is 7. The molecule has 0 aliphatic carbocycles. The van der Waals surface area contributed by atoms with Gasteiger partial charge in [0.1, 0.15) is 5.82 Å². The standard InChI is InChI=1S/C21H20BrN5O5/c1-3-12(2)20-25-16-8-7-14(22)9-15(16)21(29)26(20)24-10-13-5-4-6-17(27(30)31)19(13)32-11-18(23)28/h4-10,12H,3,11H2,1-2H3,(H2,23,28)/t12-/m1/s1. The number of nitrogens with two attached hydrogens (primary N) is 1. The average Bonchev–Trinajstić information content (AvgIpc) is 2.76. The Bertz CT molecular complexity index is 1290. The Balaban J connectivity index is 2.19. The van der Waals surface area contributed by atoms with E-state index < -0.39 is 17.4 Å². The number of carbonyl (C=O) groups excluding carboxylic acids is 1. The molecule has 0 aliphatic heterocycles. The summed E-state index contributed by atoms with van der Waals surface area (Å²) in [4.78, 5) is 39.7. The summed E-state index contributed by atoms with van der Waals surface area (Å²) < 4.78 is 7.18. The predicted molar refractivity (Wildman–Crippen MR) is 123 cm³/mol. The Morgan fingerprint density at radius 1 is 1.41 bits per heavy atom. The number of para-hydroxylation sites is 1. The highest BCUT2D eigenvalue weighted by atomic mass is 79.9. The highest BCUT2D eigenvalue weighted by Gasteiger charge is 2.20. The van der Waals surface area contributed by atoms with Crippen molar-refractivity contribution in [2.45, 2.75) is 26.2 Å². The van der Waals surface area contributed by atoms with Crippen LogP contribution in [-0.4, -0.2) is 33.3 Å². The predicted octanol–water partition coefficient (Wildman–Crippen LogP) is 3.33. The molecule has 2 N–H and O–H groups in total. The van der Waals surface area contributed by atoms with Crippen molar-refractivity contribution in [3.8, 4) is 5.75 Å². The van der Waals surface area contributed by atoms with Gasteiger partial charge in [0.2, 0.25) is 5.75 Å². The second-order valence-electron chi connectivity index (χ2n) is 7.01. The lowest BCUT2D eigenvalue weighted by Gasteiger charge is -2.14. The van der Waals surface area contributed by atoms with Gasteiger partial charge >= 0.3 is 5.69 Å². The normalized spacial score (nSPS) is 12.2. The van der Waals surface area contributed by atoms with E-state index in [1.165, 1.54) is 29.1 Å². The lowest BCUT2D eigenvalue weighted by molar-refractivity contribution is -0.385. The number of nitro benzene ring substituents is 1. The molecule has 0 aliphatic rings. The number of rotatable bonds is 8. The van der Waals surface area contributed by atoms with Crippen LogP contribution in [0.5, 0.6) is 5.75 Å². The monoisotopic (exact) mass is 501 g/mol. The van der Waals surface area contributed by atoms with Crippen molar-refractivity contribution >= 4 is 44.6 Å². The molecule has 1 atom stereocenters. The molecule has 0 saturated carbocycles. The first kappa shape index (κ1) is 23.1. The van der Waals surface area contributed by atoms with Crippen LogP contribution in [0.1, 0.15) is 37.6 Å². The van der Waals surface area contributed by atoms with Gasteiger partial charge in [-0.15, -0.1) is 0 Å². The quantitative estimate of drug-likeness (QED) is 0.284. The van der Waals surface area contributed by atoms with Crippen molar-refractivity contribution < 1.29 is 14.5 Å². The smallest absolute Gasteiger partial charge is 0.311 e. The Morgan fingerprint density at radius 2 is 2.16 bits per heavy atom. The van der Waals surface area contributed by atoms with Gasteiger partial charge in [-0.25, -0.2) is 4.98 Å². The summed E-state index contributed by atoms with van der Waals surface area (Å²) in [6.45, 7) is 3.34. The summed E-state index contributed by atoms with van der Waals surface area (Å²) in [6.07, 6.45) is 1.98. The first-order valence-corrected chi connectivity index (χ1v) is 10.5. The number of primary amides is 1. The molecule has 32 heavy (non-hydrogen) atoms. The van der Waals surface area contributed by atoms with Crippen LogP contribution in [0.25, 0.3) is 10.9 Å². The third-order valence-electron chi connectivity index (χ3n) is 4.78. The summed E-state index contributed by atoms with van der Waals surface area (Å²) in [5.74, 6) is -0.586. The largest absolute Gasteiger partial charge is 0.476 e. The van der Waals surface area contributed by atoms with E-state index in [4.69, 9.17) is 10.5 Å². The van der Waals surface area contributed by atoms with Gasteiger partial charge in [-0.3, -0.25) is 19.7 Å². The topological polar surface area (TPSA) is 143 Å². The van der Waals surface area contributed by atoms with E-state index in [0.717, 1.165) is 4.47 Å². The van der Waals surface area contributed by atoms with Crippen LogP contribution in [0, 0.1) is 10.1 Å². The van der Waals surface area contributed by atoms with Crippen LogP contribution in [-0.2, 0) is 4.79 Å². The number of aromatic nitrogens is 2. The number of carbonyl (C=O) groups is 1. The average molecular weight is 502 g/mol. The fourth-order valence-electron chi connectivity index (χ4n) is 2.99. The minimum absolute atomic E-state index is 0.0800. The second kappa shape index (κ2) is 9.69. The number of ether oxygens (including phenoxy) is 1. The van der Waals surface area contributed by atoms with Gasteiger partial charge in [-0.1, -0.05) is 35.8 Å². The number of amides is 1. The van der Waals surface area contributed by atoms with Gasteiger partial charge < -0.3 is 10.5 Å². The van der Waals surface area contributed by atoms with E-state index in [-0.39, 0.29) is 28.5 Å². The molecule has 0 unspecified atom stereocenters. The van der Waals surface area contributed by atoms with Crippen LogP contribution in [0.15, 0.2) is 50.8 Å². The third kappa shape index (κ3) is 4.83. The van der Waals surface area contributed by atoms with E-state index in [1.807, 2.05) is 13.8 Å². The fourth-order valence-corrected chi connectivity index (χ4v) is 3.35. The highest BCUT2D eigenvalue weighted by Crippen LogP contribution is 2.30. The van der Waals surface area contributed by atoms with E-state index in [9.17, 15) is 19.7 Å². The van der Waals surface area contributed by atoms with Crippen LogP contribution in [0.2, 0.25) is 0 Å². The molecule has 0 saturated heterocycles. The third-order valence-corrected chi connectivity index (χ3v) is 5.27. The molecule has 166 valence electrons. The number of fused-ring (bicyclic) bond motifs is 1. The Hall–Kier alpha value is -3.60. The van der Waals surface area contributed by atoms with Gasteiger partial charge in [-0.05, 0) is 30.7 Å². The molecule has 0 fully saturated rings. The number of nitrogens with zero attached hydrogens (tertiary/aromatic N) is 4. The summed E-state index contributed by atoms with van der Waals surface area (Å²) >= 11 is 3.36. The molecule has 0 bridgehead atoms. The van der Waals surface area contributed by atoms with Crippen LogP contribution < -0.4 is 16.0 Å². The van der Waals surface area contributed by atoms with Crippen molar-refractivity contribution in [1.82, 2.24) is 9.66 Å². The number of benzene rings is 2. The van der Waals surface area contributed by atoms with Crippen molar-refractivity contribution in [1.29, 1.82) is 0 Å². The highest BCUT2D eigenvalue weighted by molar-refractivity contribution is 9.10. The Labute approximate surface area is 191 Å². The lowest BCUT2D eigenvalue weighted by Crippen LogP contribution is -2.24. The molecule has 10 nitrogen and oxygen atoms in total. The molecule has 2 aromatic carbocycles. The molecule has 1 amide bonds. The zero-order valence-corrected chi connectivity index (χ0v) is 18.9. The number of halogens is 1.